The summed E-state index contributed by atoms with van der Waals surface area (Å²) in [5.41, 5.74) is 0.531. The summed E-state index contributed by atoms with van der Waals surface area (Å²) in [6.45, 7) is 1.57. The van der Waals surface area contributed by atoms with Gasteiger partial charge in [0.15, 0.2) is 9.84 Å². The molecule has 2 aromatic carbocycles. The molecular weight excluding hydrogens is 404 g/mol. The van der Waals surface area contributed by atoms with E-state index in [1.54, 1.807) is 0 Å². The van der Waals surface area contributed by atoms with Gasteiger partial charge in [-0.3, -0.25) is 10.1 Å². The van der Waals surface area contributed by atoms with E-state index in [0.717, 1.165) is 24.7 Å². The highest BCUT2D eigenvalue weighted by Gasteiger charge is 2.35. The molecule has 150 valence electrons. The molecular formula is C19H21ClN2O5S. The van der Waals surface area contributed by atoms with Crippen molar-refractivity contribution in [3.63, 3.8) is 0 Å². The molecule has 0 saturated carbocycles. The lowest BCUT2D eigenvalue weighted by Crippen LogP contribution is -2.40. The fourth-order valence-electron chi connectivity index (χ4n) is 3.55. The van der Waals surface area contributed by atoms with Gasteiger partial charge in [-0.05, 0) is 42.7 Å². The standard InChI is InChI=1S/C19H21ClN2O5S/c1-28(25,26)17-4-2-3-16(18(17)22(23)24)21-13-19(9-11-27-12-10-19)14-5-7-15(20)8-6-14/h2-8,21H,9-13H2,1H3. The molecule has 1 aliphatic heterocycles. The average molecular weight is 425 g/mol. The highest BCUT2D eigenvalue weighted by molar-refractivity contribution is 7.90. The summed E-state index contributed by atoms with van der Waals surface area (Å²) in [4.78, 5) is 10.6. The van der Waals surface area contributed by atoms with Crippen LogP contribution in [0.25, 0.3) is 0 Å². The average Bonchev–Trinajstić information content (AvgIpc) is 2.66. The molecule has 0 spiro atoms. The number of hydrogen-bond acceptors (Lipinski definition) is 6. The second-order valence-corrected chi connectivity index (χ2v) is 9.36. The molecule has 3 rings (SSSR count). The number of nitro groups is 1. The molecule has 0 atom stereocenters. The van der Waals surface area contributed by atoms with E-state index in [4.69, 9.17) is 16.3 Å². The molecule has 9 heteroatoms. The molecule has 28 heavy (non-hydrogen) atoms. The normalized spacial score (nSPS) is 16.5. The molecule has 1 aliphatic rings. The van der Waals surface area contributed by atoms with Crippen molar-refractivity contribution in [3.05, 3.63) is 63.2 Å². The Morgan fingerprint density at radius 2 is 1.82 bits per heavy atom. The first-order chi connectivity index (χ1) is 13.2. The van der Waals surface area contributed by atoms with E-state index >= 15 is 0 Å². The van der Waals surface area contributed by atoms with Crippen molar-refractivity contribution in [2.45, 2.75) is 23.2 Å². The van der Waals surface area contributed by atoms with Gasteiger partial charge in [-0.25, -0.2) is 8.42 Å². The zero-order valence-electron chi connectivity index (χ0n) is 15.4. The number of nitrogens with one attached hydrogen (secondary N) is 1. The summed E-state index contributed by atoms with van der Waals surface area (Å²) in [5, 5.41) is 15.4. The Hall–Kier alpha value is -2.16. The summed E-state index contributed by atoms with van der Waals surface area (Å²) in [6.07, 6.45) is 2.44. The van der Waals surface area contributed by atoms with Crippen LogP contribution in [-0.4, -0.2) is 39.4 Å². The number of nitrogens with zero attached hydrogens (tertiary/aromatic N) is 1. The van der Waals surface area contributed by atoms with Crippen LogP contribution in [0.2, 0.25) is 5.02 Å². The van der Waals surface area contributed by atoms with Crippen molar-refractivity contribution in [2.24, 2.45) is 0 Å². The number of anilines is 1. The molecule has 0 aromatic heterocycles. The van der Waals surface area contributed by atoms with Crippen LogP contribution in [0.4, 0.5) is 11.4 Å². The highest BCUT2D eigenvalue weighted by Crippen LogP contribution is 2.38. The van der Waals surface area contributed by atoms with Crippen molar-refractivity contribution < 1.29 is 18.1 Å². The van der Waals surface area contributed by atoms with Crippen molar-refractivity contribution in [2.75, 3.05) is 31.3 Å². The number of sulfone groups is 1. The maximum absolute atomic E-state index is 12.0. The lowest BCUT2D eigenvalue weighted by atomic mass is 9.74. The molecule has 0 bridgehead atoms. The minimum absolute atomic E-state index is 0.188. The predicted molar refractivity (Wildman–Crippen MR) is 108 cm³/mol. The Labute approximate surface area is 168 Å². The SMILES string of the molecule is CS(=O)(=O)c1cccc(NCC2(c3ccc(Cl)cc3)CCOCC2)c1[N+](=O)[O-]. The molecule has 0 unspecified atom stereocenters. The predicted octanol–water partition coefficient (Wildman–Crippen LogP) is 3.81. The zero-order valence-corrected chi connectivity index (χ0v) is 16.9. The molecule has 2 aromatic rings. The second kappa shape index (κ2) is 8.06. The summed E-state index contributed by atoms with van der Waals surface area (Å²) in [5.74, 6) is 0. The Morgan fingerprint density at radius 1 is 1.18 bits per heavy atom. The van der Waals surface area contributed by atoms with E-state index in [1.807, 2.05) is 24.3 Å². The van der Waals surface area contributed by atoms with Crippen LogP contribution in [0.5, 0.6) is 0 Å². The molecule has 1 saturated heterocycles. The Kier molecular flexibility index (Phi) is 5.92. The Bertz CT molecular complexity index is 970. The molecule has 1 N–H and O–H groups in total. The zero-order chi connectivity index (χ0) is 20.4. The van der Waals surface area contributed by atoms with E-state index in [2.05, 4.69) is 5.32 Å². The van der Waals surface area contributed by atoms with Gasteiger partial charge in [0.1, 0.15) is 10.6 Å². The van der Waals surface area contributed by atoms with E-state index in [-0.39, 0.29) is 16.0 Å². The van der Waals surface area contributed by atoms with E-state index in [9.17, 15) is 18.5 Å². The number of ether oxygens (including phenoxy) is 1. The first kappa shape index (κ1) is 20.6. The minimum atomic E-state index is -3.73. The fraction of sp³-hybridized carbons (Fsp3) is 0.368. The fourth-order valence-corrected chi connectivity index (χ4v) is 4.54. The van der Waals surface area contributed by atoms with Crippen molar-refractivity contribution in [3.8, 4) is 0 Å². The number of halogens is 1. The Balaban J connectivity index is 1.96. The molecule has 1 heterocycles. The van der Waals surface area contributed by atoms with Crippen LogP contribution in [0, 0.1) is 10.1 Å². The van der Waals surface area contributed by atoms with Crippen molar-refractivity contribution >= 4 is 32.8 Å². The van der Waals surface area contributed by atoms with Crippen LogP contribution in [0.15, 0.2) is 47.4 Å². The number of rotatable bonds is 6. The van der Waals surface area contributed by atoms with Crippen LogP contribution >= 0.6 is 11.6 Å². The summed E-state index contributed by atoms with van der Waals surface area (Å²) in [7, 11) is -3.73. The smallest absolute Gasteiger partial charge is 0.310 e. The maximum Gasteiger partial charge on any atom is 0.310 e. The van der Waals surface area contributed by atoms with Gasteiger partial charge in [-0.15, -0.1) is 0 Å². The van der Waals surface area contributed by atoms with Crippen molar-refractivity contribution in [1.82, 2.24) is 0 Å². The second-order valence-electron chi connectivity index (χ2n) is 6.93. The van der Waals surface area contributed by atoms with E-state index in [1.165, 1.54) is 18.2 Å². The summed E-state index contributed by atoms with van der Waals surface area (Å²) in [6, 6.07) is 11.8. The van der Waals surface area contributed by atoms with Crippen molar-refractivity contribution in [1.29, 1.82) is 0 Å². The van der Waals surface area contributed by atoms with Crippen LogP contribution in [-0.2, 0) is 20.0 Å². The van der Waals surface area contributed by atoms with Gasteiger partial charge in [0.05, 0.1) is 4.92 Å². The van der Waals surface area contributed by atoms with Crippen LogP contribution < -0.4 is 5.32 Å². The minimum Gasteiger partial charge on any atom is -0.381 e. The Morgan fingerprint density at radius 3 is 2.39 bits per heavy atom. The molecule has 1 fully saturated rings. The summed E-state index contributed by atoms with van der Waals surface area (Å²) < 4.78 is 29.4. The molecule has 7 nitrogen and oxygen atoms in total. The molecule has 0 radical (unpaired) electrons. The third-order valence-corrected chi connectivity index (χ3v) is 6.49. The van der Waals surface area contributed by atoms with Crippen LogP contribution in [0.3, 0.4) is 0 Å². The van der Waals surface area contributed by atoms with Gasteiger partial charge in [-0.2, -0.15) is 0 Å². The molecule has 0 amide bonds. The first-order valence-corrected chi connectivity index (χ1v) is 11.0. The van der Waals surface area contributed by atoms with Crippen LogP contribution in [0.1, 0.15) is 18.4 Å². The number of hydrogen-bond donors (Lipinski definition) is 1. The van der Waals surface area contributed by atoms with Gasteiger partial charge < -0.3 is 10.1 Å². The number of nitro benzene ring substituents is 1. The lowest BCUT2D eigenvalue weighted by Gasteiger charge is -2.38. The van der Waals surface area contributed by atoms with E-state index in [0.29, 0.717) is 24.8 Å². The summed E-state index contributed by atoms with van der Waals surface area (Å²) >= 11 is 6.01. The third kappa shape index (κ3) is 4.29. The van der Waals surface area contributed by atoms with Gasteiger partial charge in [0.2, 0.25) is 0 Å². The monoisotopic (exact) mass is 424 g/mol. The van der Waals surface area contributed by atoms with Gasteiger partial charge in [-0.1, -0.05) is 29.8 Å². The quantitative estimate of drug-likeness (QED) is 0.559. The van der Waals surface area contributed by atoms with E-state index < -0.39 is 20.4 Å². The maximum atomic E-state index is 12.0. The van der Waals surface area contributed by atoms with Gasteiger partial charge in [0.25, 0.3) is 0 Å². The number of para-hydroxylation sites is 1. The molecule has 0 aliphatic carbocycles. The topological polar surface area (TPSA) is 98.5 Å². The van der Waals surface area contributed by atoms with Gasteiger partial charge >= 0.3 is 5.69 Å². The highest BCUT2D eigenvalue weighted by atomic mass is 35.5. The third-order valence-electron chi connectivity index (χ3n) is 5.10. The largest absolute Gasteiger partial charge is 0.381 e. The lowest BCUT2D eigenvalue weighted by molar-refractivity contribution is -0.386. The first-order valence-electron chi connectivity index (χ1n) is 8.78. The number of benzene rings is 2. The van der Waals surface area contributed by atoms with Gasteiger partial charge in [0, 0.05) is 36.5 Å².